The van der Waals surface area contributed by atoms with E-state index in [1.54, 1.807) is 0 Å². The van der Waals surface area contributed by atoms with Gasteiger partial charge in [0.15, 0.2) is 0 Å². The standard InChI is InChI=1S/C16H31N3/c1-7-9-17-15(10-12(3)8-2)11-16-13(4)18-19(6)14(16)5/h12,15,17H,7-11H2,1-6H3. The minimum atomic E-state index is 0.580. The van der Waals surface area contributed by atoms with Gasteiger partial charge in [0.25, 0.3) is 0 Å². The summed E-state index contributed by atoms with van der Waals surface area (Å²) in [6, 6.07) is 0.580. The van der Waals surface area contributed by atoms with Crippen molar-refractivity contribution in [3.8, 4) is 0 Å². The highest BCUT2D eigenvalue weighted by atomic mass is 15.3. The Morgan fingerprint density at radius 2 is 1.95 bits per heavy atom. The Hall–Kier alpha value is -0.830. The number of rotatable bonds is 8. The van der Waals surface area contributed by atoms with Crippen LogP contribution < -0.4 is 5.32 Å². The molecule has 0 amide bonds. The van der Waals surface area contributed by atoms with Crippen LogP contribution in [-0.2, 0) is 13.5 Å². The molecule has 110 valence electrons. The van der Waals surface area contributed by atoms with Crippen LogP contribution in [-0.4, -0.2) is 22.4 Å². The molecule has 0 aliphatic heterocycles. The van der Waals surface area contributed by atoms with Crippen molar-refractivity contribution >= 4 is 0 Å². The van der Waals surface area contributed by atoms with Crippen LogP contribution in [0.3, 0.4) is 0 Å². The van der Waals surface area contributed by atoms with Crippen LogP contribution in [0, 0.1) is 19.8 Å². The van der Waals surface area contributed by atoms with E-state index in [0.717, 1.165) is 18.9 Å². The molecule has 0 aliphatic rings. The molecule has 0 aliphatic carbocycles. The number of aromatic nitrogens is 2. The summed E-state index contributed by atoms with van der Waals surface area (Å²) >= 11 is 0. The third kappa shape index (κ3) is 4.64. The molecule has 3 nitrogen and oxygen atoms in total. The zero-order valence-electron chi connectivity index (χ0n) is 13.6. The van der Waals surface area contributed by atoms with Gasteiger partial charge in [0.2, 0.25) is 0 Å². The average Bonchev–Trinajstić information content (AvgIpc) is 2.62. The first-order chi connectivity index (χ1) is 8.99. The monoisotopic (exact) mass is 265 g/mol. The van der Waals surface area contributed by atoms with E-state index in [-0.39, 0.29) is 0 Å². The Bertz CT molecular complexity index is 382. The molecule has 0 aromatic carbocycles. The molecular formula is C16H31N3. The lowest BCUT2D eigenvalue weighted by Crippen LogP contribution is -2.33. The highest BCUT2D eigenvalue weighted by molar-refractivity contribution is 5.25. The Morgan fingerprint density at radius 3 is 2.42 bits per heavy atom. The summed E-state index contributed by atoms with van der Waals surface area (Å²) in [4.78, 5) is 0. The van der Waals surface area contributed by atoms with Gasteiger partial charge in [-0.25, -0.2) is 0 Å². The molecule has 2 atom stereocenters. The van der Waals surface area contributed by atoms with Crippen LogP contribution in [0.15, 0.2) is 0 Å². The summed E-state index contributed by atoms with van der Waals surface area (Å²) in [5, 5.41) is 8.24. The van der Waals surface area contributed by atoms with Crippen molar-refractivity contribution in [3.05, 3.63) is 17.0 Å². The van der Waals surface area contributed by atoms with Crippen LogP contribution in [0.1, 0.15) is 57.0 Å². The van der Waals surface area contributed by atoms with E-state index < -0.39 is 0 Å². The minimum Gasteiger partial charge on any atom is -0.314 e. The van der Waals surface area contributed by atoms with Crippen molar-refractivity contribution in [2.24, 2.45) is 13.0 Å². The predicted octanol–water partition coefficient (Wildman–Crippen LogP) is 3.38. The van der Waals surface area contributed by atoms with Gasteiger partial charge >= 0.3 is 0 Å². The van der Waals surface area contributed by atoms with Crippen LogP contribution in [0.5, 0.6) is 0 Å². The third-order valence-corrected chi connectivity index (χ3v) is 4.18. The van der Waals surface area contributed by atoms with Crippen molar-refractivity contribution in [1.29, 1.82) is 0 Å². The van der Waals surface area contributed by atoms with E-state index >= 15 is 0 Å². The molecule has 1 rings (SSSR count). The molecule has 2 unspecified atom stereocenters. The number of hydrogen-bond donors (Lipinski definition) is 1. The van der Waals surface area contributed by atoms with Crippen LogP contribution in [0.25, 0.3) is 0 Å². The fourth-order valence-corrected chi connectivity index (χ4v) is 2.60. The smallest absolute Gasteiger partial charge is 0.0628 e. The third-order valence-electron chi connectivity index (χ3n) is 4.18. The Kier molecular flexibility index (Phi) is 6.56. The highest BCUT2D eigenvalue weighted by Crippen LogP contribution is 2.18. The molecular weight excluding hydrogens is 234 g/mol. The lowest BCUT2D eigenvalue weighted by molar-refractivity contribution is 0.391. The Balaban J connectivity index is 2.75. The first-order valence-electron chi connectivity index (χ1n) is 7.71. The molecule has 1 aromatic heterocycles. The normalized spacial score (nSPS) is 14.6. The van der Waals surface area contributed by atoms with E-state index in [1.165, 1.54) is 36.2 Å². The molecule has 1 heterocycles. The second-order valence-electron chi connectivity index (χ2n) is 5.88. The molecule has 0 saturated heterocycles. The summed E-state index contributed by atoms with van der Waals surface area (Å²) in [7, 11) is 2.04. The van der Waals surface area contributed by atoms with Crippen molar-refractivity contribution < 1.29 is 0 Å². The number of nitrogens with one attached hydrogen (secondary N) is 1. The first-order valence-corrected chi connectivity index (χ1v) is 7.71. The van der Waals surface area contributed by atoms with Gasteiger partial charge in [-0.15, -0.1) is 0 Å². The Morgan fingerprint density at radius 1 is 1.26 bits per heavy atom. The second kappa shape index (κ2) is 7.68. The van der Waals surface area contributed by atoms with Crippen LogP contribution in [0.2, 0.25) is 0 Å². The number of nitrogens with zero attached hydrogens (tertiary/aromatic N) is 2. The molecule has 0 spiro atoms. The maximum absolute atomic E-state index is 4.53. The van der Waals surface area contributed by atoms with Gasteiger partial charge in [-0.2, -0.15) is 5.10 Å². The van der Waals surface area contributed by atoms with Gasteiger partial charge in [-0.05, 0) is 51.1 Å². The molecule has 0 radical (unpaired) electrons. The molecule has 3 heteroatoms. The van der Waals surface area contributed by atoms with Crippen molar-refractivity contribution in [2.45, 2.75) is 66.3 Å². The summed E-state index contributed by atoms with van der Waals surface area (Å²) in [6.45, 7) is 12.3. The van der Waals surface area contributed by atoms with Gasteiger partial charge in [0.1, 0.15) is 0 Å². The molecule has 0 bridgehead atoms. The molecule has 1 aromatic rings. The van der Waals surface area contributed by atoms with Gasteiger partial charge in [0.05, 0.1) is 5.69 Å². The number of hydrogen-bond acceptors (Lipinski definition) is 2. The minimum absolute atomic E-state index is 0.580. The van der Waals surface area contributed by atoms with Crippen molar-refractivity contribution in [1.82, 2.24) is 15.1 Å². The quantitative estimate of drug-likeness (QED) is 0.781. The summed E-state index contributed by atoms with van der Waals surface area (Å²) in [6.07, 6.45) is 4.82. The first kappa shape index (κ1) is 16.2. The fraction of sp³-hybridized carbons (Fsp3) is 0.812. The zero-order chi connectivity index (χ0) is 14.4. The topological polar surface area (TPSA) is 29.9 Å². The predicted molar refractivity (Wildman–Crippen MR) is 82.5 cm³/mol. The maximum Gasteiger partial charge on any atom is 0.0628 e. The van der Waals surface area contributed by atoms with Gasteiger partial charge in [-0.3, -0.25) is 4.68 Å². The lowest BCUT2D eigenvalue weighted by Gasteiger charge is -2.22. The molecule has 19 heavy (non-hydrogen) atoms. The van der Waals surface area contributed by atoms with Crippen molar-refractivity contribution in [3.63, 3.8) is 0 Å². The van der Waals surface area contributed by atoms with Crippen LogP contribution in [0.4, 0.5) is 0 Å². The molecule has 0 saturated carbocycles. The Labute approximate surface area is 118 Å². The van der Waals surface area contributed by atoms with Gasteiger partial charge in [-0.1, -0.05) is 27.2 Å². The van der Waals surface area contributed by atoms with Gasteiger partial charge in [0, 0.05) is 18.8 Å². The summed E-state index contributed by atoms with van der Waals surface area (Å²) in [5.74, 6) is 0.784. The van der Waals surface area contributed by atoms with E-state index in [0.29, 0.717) is 6.04 Å². The zero-order valence-corrected chi connectivity index (χ0v) is 13.6. The summed E-state index contributed by atoms with van der Waals surface area (Å²) in [5.41, 5.74) is 3.93. The summed E-state index contributed by atoms with van der Waals surface area (Å²) < 4.78 is 2.00. The SMILES string of the molecule is CCCNC(Cc1c(C)nn(C)c1C)CC(C)CC. The van der Waals surface area contributed by atoms with E-state index in [9.17, 15) is 0 Å². The van der Waals surface area contributed by atoms with E-state index in [4.69, 9.17) is 0 Å². The maximum atomic E-state index is 4.53. The molecule has 0 fully saturated rings. The number of aryl methyl sites for hydroxylation is 2. The average molecular weight is 265 g/mol. The largest absolute Gasteiger partial charge is 0.314 e. The van der Waals surface area contributed by atoms with E-state index in [1.807, 2.05) is 11.7 Å². The fourth-order valence-electron chi connectivity index (χ4n) is 2.60. The molecule has 1 N–H and O–H groups in total. The van der Waals surface area contributed by atoms with E-state index in [2.05, 4.69) is 45.0 Å². The van der Waals surface area contributed by atoms with Gasteiger partial charge < -0.3 is 5.32 Å². The van der Waals surface area contributed by atoms with Crippen LogP contribution >= 0.6 is 0 Å². The second-order valence-corrected chi connectivity index (χ2v) is 5.88. The van der Waals surface area contributed by atoms with Crippen molar-refractivity contribution in [2.75, 3.05) is 6.54 Å². The lowest BCUT2D eigenvalue weighted by atomic mass is 9.94. The highest BCUT2D eigenvalue weighted by Gasteiger charge is 2.17.